The third kappa shape index (κ3) is 11.2. The van der Waals surface area contributed by atoms with Crippen molar-refractivity contribution in [2.24, 2.45) is 0 Å². The van der Waals surface area contributed by atoms with Crippen molar-refractivity contribution in [2.45, 2.75) is 78.2 Å². The normalized spacial score (nSPS) is 18.6. The molecule has 5 nitrogen and oxygen atoms in total. The van der Waals surface area contributed by atoms with Crippen LogP contribution in [-0.4, -0.2) is 65.1 Å². The number of likely N-dealkylation sites (tertiary alicyclic amines) is 1. The van der Waals surface area contributed by atoms with Gasteiger partial charge < -0.3 is 21.7 Å². The molecule has 0 spiro atoms. The smallest absolute Gasteiger partial charge is 0.395 e. The van der Waals surface area contributed by atoms with Gasteiger partial charge in [-0.15, -0.1) is 0 Å². The van der Waals surface area contributed by atoms with Crippen molar-refractivity contribution in [3.63, 3.8) is 0 Å². The fraction of sp³-hybridized carbons (Fsp3) is 1.00. The Morgan fingerprint density at radius 2 is 1.04 bits per heavy atom. The van der Waals surface area contributed by atoms with E-state index in [0.717, 1.165) is 6.54 Å². The monoisotopic (exact) mass is 423 g/mol. The molecule has 0 bridgehead atoms. The summed E-state index contributed by atoms with van der Waals surface area (Å²) >= 11 is 0. The van der Waals surface area contributed by atoms with Crippen LogP contribution in [0.4, 0.5) is 0 Å². The van der Waals surface area contributed by atoms with Gasteiger partial charge in [0.05, 0.1) is 6.61 Å². The van der Waals surface area contributed by atoms with Gasteiger partial charge in [-0.3, -0.25) is 0 Å². The third-order valence-corrected chi connectivity index (χ3v) is 14.3. The van der Waals surface area contributed by atoms with Gasteiger partial charge in [0.15, 0.2) is 25.0 Å². The Hall–Kier alpha value is 0.668. The van der Waals surface area contributed by atoms with Gasteiger partial charge in [-0.1, -0.05) is 6.42 Å². The fourth-order valence-electron chi connectivity index (χ4n) is 2.76. The fourth-order valence-corrected chi connectivity index (χ4v) is 14.4. The highest BCUT2D eigenvalue weighted by Gasteiger charge is 2.53. The zero-order chi connectivity index (χ0) is 19.4. The average molecular weight is 424 g/mol. The quantitative estimate of drug-likeness (QED) is 0.484. The summed E-state index contributed by atoms with van der Waals surface area (Å²) in [6.07, 6.45) is 3.95. The molecule has 150 valence electrons. The highest BCUT2D eigenvalue weighted by Crippen LogP contribution is 2.26. The van der Waals surface area contributed by atoms with Crippen molar-refractivity contribution in [3.8, 4) is 0 Å². The second-order valence-electron chi connectivity index (χ2n) is 9.89. The molecule has 25 heavy (non-hydrogen) atoms. The molecule has 0 atom stereocenters. The summed E-state index contributed by atoms with van der Waals surface area (Å²) in [4.78, 5) is 2.49. The topological polar surface area (TPSA) is 40.2 Å². The average Bonchev–Trinajstić information content (AvgIpc) is 2.33. The third-order valence-electron chi connectivity index (χ3n) is 3.43. The Bertz CT molecular complexity index is 358. The van der Waals surface area contributed by atoms with E-state index in [9.17, 15) is 0 Å². The highest BCUT2D eigenvalue weighted by molar-refractivity contribution is 6.87. The highest BCUT2D eigenvalue weighted by atomic mass is 28.5. The van der Waals surface area contributed by atoms with E-state index in [-0.39, 0.29) is 0 Å². The summed E-state index contributed by atoms with van der Waals surface area (Å²) in [6, 6.07) is 0. The maximum atomic E-state index is 6.53. The molecule has 1 fully saturated rings. The molecule has 1 saturated heterocycles. The SMILES string of the molecule is C[Si](C)(C)O[Si](OCCN1CCCCC1)(O[Si](C)(C)C)O[Si](C)(C)C. The summed E-state index contributed by atoms with van der Waals surface area (Å²) in [7, 11) is -8.72. The van der Waals surface area contributed by atoms with Crippen LogP contribution in [0.15, 0.2) is 0 Å². The predicted octanol–water partition coefficient (Wildman–Crippen LogP) is 4.48. The van der Waals surface area contributed by atoms with Gasteiger partial charge in [0, 0.05) is 6.54 Å². The molecule has 1 heterocycles. The van der Waals surface area contributed by atoms with Gasteiger partial charge in [0.2, 0.25) is 0 Å². The molecule has 1 aliphatic heterocycles. The number of hydrogen-bond donors (Lipinski definition) is 0. The van der Waals surface area contributed by atoms with E-state index >= 15 is 0 Å². The van der Waals surface area contributed by atoms with E-state index in [1.54, 1.807) is 0 Å². The molecule has 1 aliphatic rings. The van der Waals surface area contributed by atoms with Crippen molar-refractivity contribution in [1.82, 2.24) is 4.90 Å². The second-order valence-corrected chi connectivity index (χ2v) is 26.3. The summed E-state index contributed by atoms with van der Waals surface area (Å²) in [6.45, 7) is 23.6. The van der Waals surface area contributed by atoms with Crippen LogP contribution in [0.25, 0.3) is 0 Å². The van der Waals surface area contributed by atoms with Gasteiger partial charge in [-0.05, 0) is 84.9 Å². The summed E-state index contributed by atoms with van der Waals surface area (Å²) in [5.74, 6) is 0. The number of nitrogens with zero attached hydrogens (tertiary/aromatic N) is 1. The largest absolute Gasteiger partial charge is 0.647 e. The molecule has 1 rings (SSSR count). The van der Waals surface area contributed by atoms with Crippen molar-refractivity contribution in [3.05, 3.63) is 0 Å². The van der Waals surface area contributed by atoms with E-state index in [1.165, 1.54) is 32.4 Å². The predicted molar refractivity (Wildman–Crippen MR) is 115 cm³/mol. The Kier molecular flexibility index (Phi) is 8.76. The summed E-state index contributed by atoms with van der Waals surface area (Å²) in [5.41, 5.74) is 0. The van der Waals surface area contributed by atoms with E-state index in [1.807, 2.05) is 0 Å². The van der Waals surface area contributed by atoms with E-state index in [0.29, 0.717) is 6.61 Å². The van der Waals surface area contributed by atoms with Crippen LogP contribution < -0.4 is 0 Å². The second kappa shape index (κ2) is 9.24. The maximum Gasteiger partial charge on any atom is 0.647 e. The molecule has 9 heteroatoms. The summed E-state index contributed by atoms with van der Waals surface area (Å²) in [5, 5.41) is 0. The molecule has 0 unspecified atom stereocenters. The summed E-state index contributed by atoms with van der Waals surface area (Å²) < 4.78 is 26.0. The minimum Gasteiger partial charge on any atom is -0.395 e. The van der Waals surface area contributed by atoms with E-state index in [4.69, 9.17) is 16.8 Å². The van der Waals surface area contributed by atoms with Gasteiger partial charge in [0.1, 0.15) is 0 Å². The Morgan fingerprint density at radius 3 is 1.40 bits per heavy atom. The molecule has 0 aromatic heterocycles. The first-order valence-corrected chi connectivity index (χ1v) is 21.5. The molecular formula is C16H41NO4Si4. The van der Waals surface area contributed by atoms with Crippen LogP contribution in [-0.2, 0) is 16.8 Å². The van der Waals surface area contributed by atoms with Crippen LogP contribution in [0.3, 0.4) is 0 Å². The van der Waals surface area contributed by atoms with Crippen molar-refractivity contribution in [1.29, 1.82) is 0 Å². The van der Waals surface area contributed by atoms with Crippen LogP contribution in [0.1, 0.15) is 19.3 Å². The Labute approximate surface area is 160 Å². The van der Waals surface area contributed by atoms with Gasteiger partial charge in [-0.25, -0.2) is 0 Å². The van der Waals surface area contributed by atoms with Gasteiger partial charge in [-0.2, -0.15) is 0 Å². The maximum absolute atomic E-state index is 6.53. The lowest BCUT2D eigenvalue weighted by atomic mass is 10.1. The molecule has 0 radical (unpaired) electrons. The van der Waals surface area contributed by atoms with Gasteiger partial charge >= 0.3 is 9.05 Å². The number of hydrogen-bond acceptors (Lipinski definition) is 5. The number of rotatable bonds is 10. The molecular weight excluding hydrogens is 383 g/mol. The van der Waals surface area contributed by atoms with Crippen LogP contribution in [0.5, 0.6) is 0 Å². The molecule has 0 aromatic carbocycles. The first kappa shape index (κ1) is 23.7. The first-order chi connectivity index (χ1) is 11.2. The first-order valence-electron chi connectivity index (χ1n) is 9.67. The lowest BCUT2D eigenvalue weighted by molar-refractivity contribution is 0.0684. The van der Waals surface area contributed by atoms with Crippen LogP contribution >= 0.6 is 0 Å². The van der Waals surface area contributed by atoms with Crippen LogP contribution in [0, 0.1) is 0 Å². The Morgan fingerprint density at radius 1 is 0.640 bits per heavy atom. The van der Waals surface area contributed by atoms with Gasteiger partial charge in [0.25, 0.3) is 0 Å². The number of piperidine rings is 1. The lowest BCUT2D eigenvalue weighted by Gasteiger charge is -2.41. The van der Waals surface area contributed by atoms with E-state index in [2.05, 4.69) is 63.8 Å². The lowest BCUT2D eigenvalue weighted by Crippen LogP contribution is -2.62. The zero-order valence-corrected chi connectivity index (χ0v) is 22.0. The minimum atomic E-state index is -3.13. The molecule has 0 N–H and O–H groups in total. The molecule has 0 aromatic rings. The van der Waals surface area contributed by atoms with Crippen LogP contribution in [0.2, 0.25) is 58.9 Å². The van der Waals surface area contributed by atoms with Crippen molar-refractivity contribution in [2.75, 3.05) is 26.2 Å². The minimum absolute atomic E-state index is 0.631. The standard InChI is InChI=1S/C16H41NO4Si4/c1-22(2,3)19-25(20-23(4,5)6,21-24(7,8)9)18-16-15-17-13-11-10-12-14-17/h10-16H2,1-9H3. The Balaban J connectivity index is 2.87. The van der Waals surface area contributed by atoms with Crippen molar-refractivity contribution < 1.29 is 16.8 Å². The zero-order valence-electron chi connectivity index (χ0n) is 18.0. The molecule has 0 aliphatic carbocycles. The molecule has 0 saturated carbocycles. The molecule has 0 amide bonds. The van der Waals surface area contributed by atoms with E-state index < -0.39 is 34.0 Å². The van der Waals surface area contributed by atoms with Crippen molar-refractivity contribution >= 4 is 34.0 Å².